The third-order valence-corrected chi connectivity index (χ3v) is 4.50. The predicted octanol–water partition coefficient (Wildman–Crippen LogP) is 0.896. The van der Waals surface area contributed by atoms with E-state index in [2.05, 4.69) is 20.6 Å². The van der Waals surface area contributed by atoms with Gasteiger partial charge in [0.25, 0.3) is 5.91 Å². The van der Waals surface area contributed by atoms with Gasteiger partial charge in [-0.25, -0.2) is 0 Å². The fourth-order valence-electron chi connectivity index (χ4n) is 3.01. The quantitative estimate of drug-likeness (QED) is 0.781. The predicted molar refractivity (Wildman–Crippen MR) is 78.4 cm³/mol. The number of hydrogen-bond acceptors (Lipinski definition) is 4. The maximum absolute atomic E-state index is 12.3. The van der Waals surface area contributed by atoms with Crippen LogP contribution in [0.4, 0.5) is 0 Å². The monoisotopic (exact) mass is 301 g/mol. The van der Waals surface area contributed by atoms with Gasteiger partial charge in [-0.05, 0) is 37.8 Å². The van der Waals surface area contributed by atoms with Crippen molar-refractivity contribution in [1.29, 1.82) is 0 Å². The highest BCUT2D eigenvalue weighted by atomic mass is 16.3. The van der Waals surface area contributed by atoms with Crippen molar-refractivity contribution >= 4 is 5.91 Å². The number of aromatic nitrogens is 4. The topological polar surface area (TPSA) is 95.8 Å². The number of carbonyl (C=O) groups excluding carboxylic acids is 1. The zero-order valence-electron chi connectivity index (χ0n) is 12.4. The van der Waals surface area contributed by atoms with Crippen LogP contribution in [0.2, 0.25) is 0 Å². The summed E-state index contributed by atoms with van der Waals surface area (Å²) >= 11 is 0. The molecular formula is C15H19N5O2. The van der Waals surface area contributed by atoms with Gasteiger partial charge in [-0.1, -0.05) is 0 Å². The third-order valence-electron chi connectivity index (χ3n) is 4.50. The minimum Gasteiger partial charge on any atom is -0.391 e. The number of H-pyrrole nitrogens is 1. The zero-order valence-corrected chi connectivity index (χ0v) is 12.4. The molecule has 0 unspecified atom stereocenters. The lowest BCUT2D eigenvalue weighted by molar-refractivity contribution is -0.00597. The lowest BCUT2D eigenvalue weighted by atomic mass is 9.83. The molecule has 2 aromatic heterocycles. The minimum atomic E-state index is -0.481. The average molecular weight is 301 g/mol. The Morgan fingerprint density at radius 1 is 1.50 bits per heavy atom. The minimum absolute atomic E-state index is 0.122. The number of hydrogen-bond donors (Lipinski definition) is 3. The Bertz CT molecular complexity index is 702. The summed E-state index contributed by atoms with van der Waals surface area (Å²) in [4.78, 5) is 12.3. The lowest BCUT2D eigenvalue weighted by Gasteiger charge is -2.41. The van der Waals surface area contributed by atoms with E-state index in [4.69, 9.17) is 0 Å². The Balaban J connectivity index is 1.44. The van der Waals surface area contributed by atoms with E-state index in [0.29, 0.717) is 18.0 Å². The van der Waals surface area contributed by atoms with Crippen LogP contribution in [-0.4, -0.2) is 43.1 Å². The summed E-state index contributed by atoms with van der Waals surface area (Å²) in [7, 11) is 0. The third kappa shape index (κ3) is 2.31. The molecule has 2 aliphatic rings. The normalized spacial score (nSPS) is 27.5. The van der Waals surface area contributed by atoms with Crippen molar-refractivity contribution in [1.82, 2.24) is 25.3 Å². The molecule has 2 heterocycles. The standard InChI is InChI=1S/C15H19N5O2/c1-8-6-16-20(7-8)14-11(5-13(14)21)17-15(22)12-4-10(18-19-12)9-2-3-9/h4,6-7,9,11,13-14,21H,2-3,5H2,1H3,(H,17,22)(H,18,19)/t11-,13+,14+/m0/s1. The van der Waals surface area contributed by atoms with Crippen molar-refractivity contribution < 1.29 is 9.90 Å². The highest BCUT2D eigenvalue weighted by Crippen LogP contribution is 2.39. The molecule has 7 heteroatoms. The van der Waals surface area contributed by atoms with Gasteiger partial charge in [0.05, 0.1) is 24.4 Å². The molecule has 0 spiro atoms. The molecule has 116 valence electrons. The number of carbonyl (C=O) groups is 1. The van der Waals surface area contributed by atoms with E-state index >= 15 is 0 Å². The highest BCUT2D eigenvalue weighted by Gasteiger charge is 2.43. The molecule has 0 saturated heterocycles. The van der Waals surface area contributed by atoms with Gasteiger partial charge in [0.2, 0.25) is 0 Å². The second-order valence-corrected chi connectivity index (χ2v) is 6.35. The van der Waals surface area contributed by atoms with Gasteiger partial charge in [0.1, 0.15) is 5.69 Å². The molecule has 2 saturated carbocycles. The van der Waals surface area contributed by atoms with Crippen LogP contribution in [0.1, 0.15) is 53.0 Å². The Labute approximate surface area is 127 Å². The second-order valence-electron chi connectivity index (χ2n) is 6.35. The van der Waals surface area contributed by atoms with Gasteiger partial charge in [0.15, 0.2) is 0 Å². The summed E-state index contributed by atoms with van der Waals surface area (Å²) in [6, 6.07) is 1.50. The summed E-state index contributed by atoms with van der Waals surface area (Å²) in [6.07, 6.45) is 6.02. The summed E-state index contributed by atoms with van der Waals surface area (Å²) in [5.74, 6) is 0.341. The molecule has 0 aromatic carbocycles. The maximum atomic E-state index is 12.3. The number of nitrogens with one attached hydrogen (secondary N) is 2. The average Bonchev–Trinajstić information content (AvgIpc) is 3.06. The molecule has 2 fully saturated rings. The zero-order chi connectivity index (χ0) is 15.3. The number of nitrogens with zero attached hydrogens (tertiary/aromatic N) is 3. The van der Waals surface area contributed by atoms with Crippen LogP contribution in [-0.2, 0) is 0 Å². The first-order valence-electron chi connectivity index (χ1n) is 7.67. The van der Waals surface area contributed by atoms with Gasteiger partial charge in [-0.15, -0.1) is 0 Å². The van der Waals surface area contributed by atoms with Crippen LogP contribution in [0.3, 0.4) is 0 Å². The van der Waals surface area contributed by atoms with Crippen LogP contribution >= 0.6 is 0 Å². The first-order valence-corrected chi connectivity index (χ1v) is 7.67. The highest BCUT2D eigenvalue weighted by molar-refractivity contribution is 5.92. The number of amides is 1. The van der Waals surface area contributed by atoms with Gasteiger partial charge in [-0.3, -0.25) is 14.6 Å². The van der Waals surface area contributed by atoms with Crippen molar-refractivity contribution in [3.05, 3.63) is 35.4 Å². The maximum Gasteiger partial charge on any atom is 0.272 e. The van der Waals surface area contributed by atoms with Crippen LogP contribution in [0, 0.1) is 6.92 Å². The lowest BCUT2D eigenvalue weighted by Crippen LogP contribution is -2.56. The molecule has 7 nitrogen and oxygen atoms in total. The Morgan fingerprint density at radius 2 is 2.32 bits per heavy atom. The molecule has 4 rings (SSSR count). The molecule has 0 bridgehead atoms. The van der Waals surface area contributed by atoms with E-state index in [1.54, 1.807) is 10.9 Å². The second kappa shape index (κ2) is 4.95. The molecule has 3 N–H and O–H groups in total. The van der Waals surface area contributed by atoms with Crippen LogP contribution in [0.15, 0.2) is 18.5 Å². The van der Waals surface area contributed by atoms with Crippen LogP contribution in [0.5, 0.6) is 0 Å². The van der Waals surface area contributed by atoms with E-state index in [-0.39, 0.29) is 18.0 Å². The van der Waals surface area contributed by atoms with Crippen molar-refractivity contribution in [2.45, 2.75) is 50.3 Å². The van der Waals surface area contributed by atoms with Crippen molar-refractivity contribution in [2.24, 2.45) is 0 Å². The fraction of sp³-hybridized carbons (Fsp3) is 0.533. The van der Waals surface area contributed by atoms with E-state index in [9.17, 15) is 9.90 Å². The van der Waals surface area contributed by atoms with Crippen molar-refractivity contribution in [3.63, 3.8) is 0 Å². The smallest absolute Gasteiger partial charge is 0.272 e. The molecule has 0 radical (unpaired) electrons. The Kier molecular flexibility index (Phi) is 3.04. The van der Waals surface area contributed by atoms with Gasteiger partial charge < -0.3 is 10.4 Å². The van der Waals surface area contributed by atoms with Gasteiger partial charge in [-0.2, -0.15) is 10.2 Å². The number of aliphatic hydroxyl groups excluding tert-OH is 1. The van der Waals surface area contributed by atoms with Crippen molar-refractivity contribution in [2.75, 3.05) is 0 Å². The summed E-state index contributed by atoms with van der Waals surface area (Å²) in [6.45, 7) is 1.95. The van der Waals surface area contributed by atoms with Crippen LogP contribution in [0.25, 0.3) is 0 Å². The molecular weight excluding hydrogens is 282 g/mol. The van der Waals surface area contributed by atoms with E-state index in [0.717, 1.165) is 11.3 Å². The molecule has 3 atom stereocenters. The first-order chi connectivity index (χ1) is 10.6. The van der Waals surface area contributed by atoms with E-state index < -0.39 is 6.10 Å². The van der Waals surface area contributed by atoms with E-state index in [1.807, 2.05) is 19.2 Å². The summed E-state index contributed by atoms with van der Waals surface area (Å²) < 4.78 is 1.73. The molecule has 2 aromatic rings. The summed E-state index contributed by atoms with van der Waals surface area (Å²) in [5, 5.41) is 24.2. The van der Waals surface area contributed by atoms with Gasteiger partial charge in [0, 0.05) is 17.8 Å². The molecule has 1 amide bonds. The number of aryl methyl sites for hydroxylation is 1. The summed E-state index contributed by atoms with van der Waals surface area (Å²) in [5.41, 5.74) is 2.49. The molecule has 22 heavy (non-hydrogen) atoms. The largest absolute Gasteiger partial charge is 0.391 e. The SMILES string of the molecule is Cc1cnn([C@H]2[C@H](O)C[C@@H]2NC(=O)c2cc(C3CC3)[nH]n2)c1. The number of rotatable bonds is 4. The number of aliphatic hydroxyl groups is 1. The fourth-order valence-corrected chi connectivity index (χ4v) is 3.01. The number of aromatic amines is 1. The van der Waals surface area contributed by atoms with Crippen molar-refractivity contribution in [3.8, 4) is 0 Å². The first kappa shape index (κ1) is 13.5. The van der Waals surface area contributed by atoms with Crippen LogP contribution < -0.4 is 5.32 Å². The van der Waals surface area contributed by atoms with Gasteiger partial charge >= 0.3 is 0 Å². The Hall–Kier alpha value is -2.15. The van der Waals surface area contributed by atoms with E-state index in [1.165, 1.54) is 12.8 Å². The molecule has 2 aliphatic carbocycles. The Morgan fingerprint density at radius 3 is 2.95 bits per heavy atom. The molecule has 0 aliphatic heterocycles.